The molecule has 0 fully saturated rings. The summed E-state index contributed by atoms with van der Waals surface area (Å²) >= 11 is 0. The zero-order valence-electron chi connectivity index (χ0n) is 17.9. The van der Waals surface area contributed by atoms with Crippen LogP contribution in [0.2, 0.25) is 0 Å². The molecule has 0 aromatic carbocycles. The van der Waals surface area contributed by atoms with Gasteiger partial charge >= 0.3 is 0 Å². The molecule has 0 rings (SSSR count). The van der Waals surface area contributed by atoms with Crippen molar-refractivity contribution in [1.82, 2.24) is 0 Å². The van der Waals surface area contributed by atoms with Crippen LogP contribution in [0.3, 0.4) is 0 Å². The van der Waals surface area contributed by atoms with Crippen LogP contribution < -0.4 is 0 Å². The number of hydrogen-bond acceptors (Lipinski definition) is 2. The summed E-state index contributed by atoms with van der Waals surface area (Å²) in [5.41, 5.74) is 0. The van der Waals surface area contributed by atoms with Crippen molar-refractivity contribution < 1.29 is 9.47 Å². The summed E-state index contributed by atoms with van der Waals surface area (Å²) < 4.78 is 11.9. The van der Waals surface area contributed by atoms with Gasteiger partial charge in [0.25, 0.3) is 0 Å². The average Bonchev–Trinajstić information content (AvgIpc) is 2.65. The summed E-state index contributed by atoms with van der Waals surface area (Å²) in [6.07, 6.45) is 25.0. The molecule has 0 aliphatic carbocycles. The summed E-state index contributed by atoms with van der Waals surface area (Å²) in [4.78, 5) is 0. The molecule has 2 heteroatoms. The van der Waals surface area contributed by atoms with Crippen molar-refractivity contribution in [3.63, 3.8) is 0 Å². The quantitative estimate of drug-likeness (QED) is 0.116. The van der Waals surface area contributed by atoms with Gasteiger partial charge in [-0.2, -0.15) is 0 Å². The van der Waals surface area contributed by atoms with Crippen LogP contribution in [-0.4, -0.2) is 19.5 Å². The van der Waals surface area contributed by atoms with Gasteiger partial charge in [-0.3, -0.25) is 0 Å². The normalized spacial score (nSPS) is 11.7. The van der Waals surface area contributed by atoms with Gasteiger partial charge in [0.2, 0.25) is 0 Å². The van der Waals surface area contributed by atoms with Gasteiger partial charge in [-0.1, -0.05) is 116 Å². The average molecular weight is 367 g/mol. The van der Waals surface area contributed by atoms with Crippen LogP contribution in [-0.2, 0) is 9.47 Å². The Labute approximate surface area is 164 Å². The minimum atomic E-state index is -0.0913. The lowest BCUT2D eigenvalue weighted by Crippen LogP contribution is -2.18. The second-order valence-corrected chi connectivity index (χ2v) is 7.31. The van der Waals surface area contributed by atoms with E-state index in [0.29, 0.717) is 0 Å². The van der Waals surface area contributed by atoms with Gasteiger partial charge in [0, 0.05) is 19.6 Å². The van der Waals surface area contributed by atoms with Gasteiger partial charge in [0.05, 0.1) is 0 Å². The van der Waals surface area contributed by atoms with E-state index in [1.807, 2.05) is 12.2 Å². The summed E-state index contributed by atoms with van der Waals surface area (Å²) in [5.74, 6) is 0. The SMILES string of the molecule is C=C/C=C\CC(OCCCCCCCCC)OCCCCCCCCC. The van der Waals surface area contributed by atoms with Crippen molar-refractivity contribution in [2.24, 2.45) is 0 Å². The van der Waals surface area contributed by atoms with E-state index in [0.717, 1.165) is 32.5 Å². The van der Waals surface area contributed by atoms with Gasteiger partial charge in [0.1, 0.15) is 0 Å². The minimum Gasteiger partial charge on any atom is -0.352 e. The maximum atomic E-state index is 5.97. The Morgan fingerprint density at radius 2 is 1.08 bits per heavy atom. The number of allylic oxidation sites excluding steroid dienone is 2. The molecular weight excluding hydrogens is 320 g/mol. The standard InChI is InChI=1S/C24H46O2/c1-4-7-10-12-14-16-19-22-25-24(21-18-9-6-3)26-23-20-17-15-13-11-8-5-2/h6,9,18,24H,3-5,7-8,10-17,19-23H2,1-2H3/b18-9-. The number of rotatable bonds is 21. The third-order valence-electron chi connectivity index (χ3n) is 4.70. The van der Waals surface area contributed by atoms with Crippen LogP contribution in [0.1, 0.15) is 110 Å². The van der Waals surface area contributed by atoms with Crippen molar-refractivity contribution in [1.29, 1.82) is 0 Å². The number of hydrogen-bond donors (Lipinski definition) is 0. The zero-order chi connectivity index (χ0) is 19.1. The van der Waals surface area contributed by atoms with E-state index in [1.165, 1.54) is 77.0 Å². The molecule has 2 nitrogen and oxygen atoms in total. The lowest BCUT2D eigenvalue weighted by Gasteiger charge is -2.17. The van der Waals surface area contributed by atoms with Crippen molar-refractivity contribution in [3.8, 4) is 0 Å². The second-order valence-electron chi connectivity index (χ2n) is 7.31. The first-order chi connectivity index (χ1) is 12.8. The minimum absolute atomic E-state index is 0.0913. The van der Waals surface area contributed by atoms with Crippen LogP contribution >= 0.6 is 0 Å². The summed E-state index contributed by atoms with van der Waals surface area (Å²) in [6, 6.07) is 0. The van der Waals surface area contributed by atoms with Crippen LogP contribution in [0.25, 0.3) is 0 Å². The second kappa shape index (κ2) is 22.4. The molecule has 0 aromatic heterocycles. The molecule has 0 N–H and O–H groups in total. The molecule has 0 saturated heterocycles. The smallest absolute Gasteiger partial charge is 0.160 e. The van der Waals surface area contributed by atoms with Crippen molar-refractivity contribution in [2.75, 3.05) is 13.2 Å². The first-order valence-electron chi connectivity index (χ1n) is 11.4. The molecular formula is C24H46O2. The maximum Gasteiger partial charge on any atom is 0.160 e. The molecule has 0 unspecified atom stereocenters. The first kappa shape index (κ1) is 25.4. The van der Waals surface area contributed by atoms with Crippen LogP contribution in [0.5, 0.6) is 0 Å². The fourth-order valence-corrected chi connectivity index (χ4v) is 3.02. The Bertz CT molecular complexity index is 279. The fourth-order valence-electron chi connectivity index (χ4n) is 3.02. The van der Waals surface area contributed by atoms with Gasteiger partial charge < -0.3 is 9.47 Å². The molecule has 0 aromatic rings. The summed E-state index contributed by atoms with van der Waals surface area (Å²) in [7, 11) is 0. The van der Waals surface area contributed by atoms with Crippen molar-refractivity contribution in [3.05, 3.63) is 24.8 Å². The third kappa shape index (κ3) is 19.7. The van der Waals surface area contributed by atoms with E-state index in [4.69, 9.17) is 9.47 Å². The molecule has 26 heavy (non-hydrogen) atoms. The predicted octanol–water partition coefficient (Wildman–Crippen LogP) is 7.98. The predicted molar refractivity (Wildman–Crippen MR) is 116 cm³/mol. The Balaban J connectivity index is 3.70. The Morgan fingerprint density at radius 3 is 1.50 bits per heavy atom. The van der Waals surface area contributed by atoms with E-state index in [2.05, 4.69) is 26.5 Å². The van der Waals surface area contributed by atoms with Gasteiger partial charge in [-0.05, 0) is 12.8 Å². The highest BCUT2D eigenvalue weighted by molar-refractivity contribution is 4.97. The highest BCUT2D eigenvalue weighted by Gasteiger charge is 2.07. The molecule has 154 valence electrons. The van der Waals surface area contributed by atoms with Crippen molar-refractivity contribution in [2.45, 2.75) is 116 Å². The molecule has 0 bridgehead atoms. The van der Waals surface area contributed by atoms with E-state index in [-0.39, 0.29) is 6.29 Å². The fraction of sp³-hybridized carbons (Fsp3) is 0.833. The number of unbranched alkanes of at least 4 members (excludes halogenated alkanes) is 12. The van der Waals surface area contributed by atoms with Gasteiger partial charge in [0.15, 0.2) is 6.29 Å². The van der Waals surface area contributed by atoms with Crippen LogP contribution in [0.4, 0.5) is 0 Å². The highest BCUT2D eigenvalue weighted by atomic mass is 16.7. The van der Waals surface area contributed by atoms with Crippen LogP contribution in [0.15, 0.2) is 24.8 Å². The Hall–Kier alpha value is -0.600. The Morgan fingerprint density at radius 1 is 0.654 bits per heavy atom. The monoisotopic (exact) mass is 366 g/mol. The molecule has 0 saturated carbocycles. The molecule has 0 heterocycles. The summed E-state index contributed by atoms with van der Waals surface area (Å²) in [5, 5.41) is 0. The first-order valence-corrected chi connectivity index (χ1v) is 11.4. The molecule has 0 aliphatic heterocycles. The zero-order valence-corrected chi connectivity index (χ0v) is 17.9. The number of ether oxygens (including phenoxy) is 2. The molecule has 0 spiro atoms. The lowest BCUT2D eigenvalue weighted by molar-refractivity contribution is -0.141. The van der Waals surface area contributed by atoms with E-state index >= 15 is 0 Å². The molecule has 0 atom stereocenters. The topological polar surface area (TPSA) is 18.5 Å². The molecule has 0 radical (unpaired) electrons. The Kier molecular flexibility index (Phi) is 21.9. The molecule has 0 aliphatic rings. The maximum absolute atomic E-state index is 5.97. The van der Waals surface area contributed by atoms with E-state index in [1.54, 1.807) is 0 Å². The summed E-state index contributed by atoms with van der Waals surface area (Å²) in [6.45, 7) is 9.89. The van der Waals surface area contributed by atoms with Crippen molar-refractivity contribution >= 4 is 0 Å². The van der Waals surface area contributed by atoms with Crippen LogP contribution in [0, 0.1) is 0 Å². The van der Waals surface area contributed by atoms with E-state index < -0.39 is 0 Å². The van der Waals surface area contributed by atoms with Gasteiger partial charge in [-0.25, -0.2) is 0 Å². The third-order valence-corrected chi connectivity index (χ3v) is 4.70. The van der Waals surface area contributed by atoms with E-state index in [9.17, 15) is 0 Å². The van der Waals surface area contributed by atoms with Gasteiger partial charge in [-0.15, -0.1) is 0 Å². The largest absolute Gasteiger partial charge is 0.352 e. The lowest BCUT2D eigenvalue weighted by atomic mass is 10.1. The molecule has 0 amide bonds. The highest BCUT2D eigenvalue weighted by Crippen LogP contribution is 2.11.